The maximum Gasteiger partial charge on any atom is 0.277 e. The summed E-state index contributed by atoms with van der Waals surface area (Å²) in [7, 11) is 0. The first-order chi connectivity index (χ1) is 10.7. The lowest BCUT2D eigenvalue weighted by Gasteiger charge is -2.10. The molecule has 0 saturated heterocycles. The third kappa shape index (κ3) is 4.10. The summed E-state index contributed by atoms with van der Waals surface area (Å²) in [6, 6.07) is 8.00. The predicted molar refractivity (Wildman–Crippen MR) is 88.6 cm³/mol. The van der Waals surface area contributed by atoms with Crippen LogP contribution in [0.3, 0.4) is 0 Å². The number of hydrogen-bond acceptors (Lipinski definition) is 5. The Morgan fingerprint density at radius 3 is 2.95 bits per heavy atom. The van der Waals surface area contributed by atoms with Gasteiger partial charge in [0.05, 0.1) is 5.75 Å². The second kappa shape index (κ2) is 7.28. The molecule has 0 unspecified atom stereocenters. The number of hydrogen-bond donors (Lipinski definition) is 1. The van der Waals surface area contributed by atoms with Crippen molar-refractivity contribution in [2.24, 2.45) is 0 Å². The summed E-state index contributed by atoms with van der Waals surface area (Å²) in [6.07, 6.45) is 4.59. The molecular weight excluding hydrogens is 366 g/mol. The van der Waals surface area contributed by atoms with Crippen LogP contribution in [0.15, 0.2) is 38.4 Å². The average molecular weight is 382 g/mol. The van der Waals surface area contributed by atoms with E-state index in [1.807, 2.05) is 24.3 Å². The van der Waals surface area contributed by atoms with E-state index < -0.39 is 0 Å². The van der Waals surface area contributed by atoms with E-state index in [2.05, 4.69) is 31.4 Å². The molecule has 3 rings (SSSR count). The molecule has 5 nitrogen and oxygen atoms in total. The maximum atomic E-state index is 11.9. The van der Waals surface area contributed by atoms with Crippen molar-refractivity contribution in [1.29, 1.82) is 0 Å². The van der Waals surface area contributed by atoms with Crippen molar-refractivity contribution in [2.75, 3.05) is 5.75 Å². The van der Waals surface area contributed by atoms with E-state index in [-0.39, 0.29) is 5.91 Å². The highest BCUT2D eigenvalue weighted by molar-refractivity contribution is 9.10. The van der Waals surface area contributed by atoms with Crippen LogP contribution in [-0.4, -0.2) is 27.9 Å². The van der Waals surface area contributed by atoms with Crippen LogP contribution >= 0.6 is 27.7 Å². The van der Waals surface area contributed by atoms with Crippen molar-refractivity contribution in [3.63, 3.8) is 0 Å². The van der Waals surface area contributed by atoms with Gasteiger partial charge in [-0.05, 0) is 31.0 Å². The minimum atomic E-state index is 0.0269. The smallest absolute Gasteiger partial charge is 0.277 e. The Bertz CT molecular complexity index is 656. The van der Waals surface area contributed by atoms with Gasteiger partial charge in [-0.2, -0.15) is 0 Å². The number of aromatic nitrogens is 2. The number of rotatable bonds is 5. The van der Waals surface area contributed by atoms with Crippen molar-refractivity contribution in [2.45, 2.75) is 36.9 Å². The Kier molecular flexibility index (Phi) is 5.15. The molecular formula is C15H16BrN3O2S. The molecule has 1 saturated carbocycles. The second-order valence-electron chi connectivity index (χ2n) is 5.22. The number of nitrogens with zero attached hydrogens (tertiary/aromatic N) is 2. The molecule has 1 aliphatic carbocycles. The zero-order valence-electron chi connectivity index (χ0n) is 11.9. The fraction of sp³-hybridized carbons (Fsp3) is 0.400. The second-order valence-corrected chi connectivity index (χ2v) is 7.06. The molecule has 0 atom stereocenters. The number of carbonyl (C=O) groups is 1. The highest BCUT2D eigenvalue weighted by atomic mass is 79.9. The van der Waals surface area contributed by atoms with E-state index in [1.54, 1.807) is 0 Å². The molecule has 116 valence electrons. The maximum absolute atomic E-state index is 11.9. The summed E-state index contributed by atoms with van der Waals surface area (Å²) in [5, 5.41) is 11.4. The lowest BCUT2D eigenvalue weighted by atomic mass is 10.2. The molecule has 7 heteroatoms. The van der Waals surface area contributed by atoms with Crippen LogP contribution in [0.5, 0.6) is 0 Å². The van der Waals surface area contributed by atoms with Gasteiger partial charge in [0.2, 0.25) is 11.8 Å². The van der Waals surface area contributed by atoms with E-state index in [0.717, 1.165) is 22.9 Å². The molecule has 0 spiro atoms. The van der Waals surface area contributed by atoms with Gasteiger partial charge in [-0.25, -0.2) is 0 Å². The van der Waals surface area contributed by atoms with Crippen molar-refractivity contribution in [3.8, 4) is 11.5 Å². The Morgan fingerprint density at radius 1 is 1.36 bits per heavy atom. The lowest BCUT2D eigenvalue weighted by Crippen LogP contribution is -2.33. The summed E-state index contributed by atoms with van der Waals surface area (Å²) in [6.45, 7) is 0. The first kappa shape index (κ1) is 15.6. The van der Waals surface area contributed by atoms with Gasteiger partial charge in [-0.1, -0.05) is 46.6 Å². The van der Waals surface area contributed by atoms with Crippen molar-refractivity contribution in [3.05, 3.63) is 28.7 Å². The number of benzene rings is 1. The number of halogens is 1. The molecule has 22 heavy (non-hydrogen) atoms. The Balaban J connectivity index is 1.54. The van der Waals surface area contributed by atoms with Crippen LogP contribution in [0.25, 0.3) is 11.5 Å². The van der Waals surface area contributed by atoms with Crippen LogP contribution in [0.2, 0.25) is 0 Å². The van der Waals surface area contributed by atoms with Crippen LogP contribution in [0.1, 0.15) is 25.7 Å². The summed E-state index contributed by atoms with van der Waals surface area (Å²) in [4.78, 5) is 11.9. The van der Waals surface area contributed by atoms with Gasteiger partial charge in [-0.3, -0.25) is 4.79 Å². The van der Waals surface area contributed by atoms with Gasteiger partial charge in [-0.15, -0.1) is 10.2 Å². The molecule has 2 aromatic rings. The molecule has 1 N–H and O–H groups in total. The largest absolute Gasteiger partial charge is 0.411 e. The fourth-order valence-electron chi connectivity index (χ4n) is 2.47. The highest BCUT2D eigenvalue weighted by Gasteiger charge is 2.18. The molecule has 0 bridgehead atoms. The van der Waals surface area contributed by atoms with Crippen molar-refractivity contribution in [1.82, 2.24) is 15.5 Å². The molecule has 1 aliphatic rings. The van der Waals surface area contributed by atoms with Gasteiger partial charge in [0.1, 0.15) is 0 Å². The monoisotopic (exact) mass is 381 g/mol. The summed E-state index contributed by atoms with van der Waals surface area (Å²) in [5.41, 5.74) is 0.851. The molecule has 0 aliphatic heterocycles. The van der Waals surface area contributed by atoms with Gasteiger partial charge in [0.25, 0.3) is 5.22 Å². The van der Waals surface area contributed by atoms with Crippen molar-refractivity contribution >= 4 is 33.6 Å². The number of carbonyl (C=O) groups excluding carboxylic acids is 1. The van der Waals surface area contributed by atoms with Gasteiger partial charge >= 0.3 is 0 Å². The number of amides is 1. The predicted octanol–water partition coefficient (Wildman–Crippen LogP) is 3.65. The molecule has 1 heterocycles. The molecule has 1 fully saturated rings. The van der Waals surface area contributed by atoms with E-state index in [9.17, 15) is 4.79 Å². The van der Waals surface area contributed by atoms with Crippen LogP contribution in [-0.2, 0) is 4.79 Å². The van der Waals surface area contributed by atoms with Crippen molar-refractivity contribution < 1.29 is 9.21 Å². The van der Waals surface area contributed by atoms with Gasteiger partial charge in [0, 0.05) is 16.1 Å². The van der Waals surface area contributed by atoms with E-state index in [1.165, 1.54) is 24.6 Å². The van der Waals surface area contributed by atoms with Crippen LogP contribution in [0.4, 0.5) is 0 Å². The van der Waals surface area contributed by atoms with Gasteiger partial charge < -0.3 is 9.73 Å². The van der Waals surface area contributed by atoms with Crippen LogP contribution in [0, 0.1) is 0 Å². The zero-order chi connectivity index (χ0) is 15.4. The molecule has 1 aromatic carbocycles. The molecule has 1 amide bonds. The summed E-state index contributed by atoms with van der Waals surface area (Å²) >= 11 is 4.68. The lowest BCUT2D eigenvalue weighted by molar-refractivity contribution is -0.119. The van der Waals surface area contributed by atoms with E-state index >= 15 is 0 Å². The average Bonchev–Trinajstić information content (AvgIpc) is 3.16. The third-order valence-corrected chi connectivity index (χ3v) is 4.84. The Labute approximate surface area is 141 Å². The minimum absolute atomic E-state index is 0.0269. The topological polar surface area (TPSA) is 68.0 Å². The Hall–Kier alpha value is -1.34. The summed E-state index contributed by atoms with van der Waals surface area (Å²) in [5.74, 6) is 0.787. The standard InChI is InChI=1S/C15H16BrN3O2S/c16-11-5-3-4-10(8-11)14-18-19-15(21-14)22-9-13(20)17-12-6-1-2-7-12/h3-5,8,12H,1-2,6-7,9H2,(H,17,20). The highest BCUT2D eigenvalue weighted by Crippen LogP contribution is 2.25. The SMILES string of the molecule is O=C(CSc1nnc(-c2cccc(Br)c2)o1)NC1CCCC1. The minimum Gasteiger partial charge on any atom is -0.411 e. The summed E-state index contributed by atoms with van der Waals surface area (Å²) < 4.78 is 6.54. The first-order valence-electron chi connectivity index (χ1n) is 7.22. The Morgan fingerprint density at radius 2 is 2.18 bits per heavy atom. The number of thioether (sulfide) groups is 1. The quantitative estimate of drug-likeness (QED) is 0.800. The number of nitrogens with one attached hydrogen (secondary N) is 1. The molecule has 1 aromatic heterocycles. The van der Waals surface area contributed by atoms with E-state index in [4.69, 9.17) is 4.42 Å². The fourth-order valence-corrected chi connectivity index (χ4v) is 3.45. The zero-order valence-corrected chi connectivity index (χ0v) is 14.3. The third-order valence-electron chi connectivity index (χ3n) is 3.53. The van der Waals surface area contributed by atoms with E-state index in [0.29, 0.717) is 22.9 Å². The first-order valence-corrected chi connectivity index (χ1v) is 9.00. The van der Waals surface area contributed by atoms with Crippen LogP contribution < -0.4 is 5.32 Å². The molecule has 0 radical (unpaired) electrons. The van der Waals surface area contributed by atoms with Gasteiger partial charge in [0.15, 0.2) is 0 Å². The normalized spacial score (nSPS) is 15.1.